The maximum Gasteiger partial charge on any atom is 0.326 e. The summed E-state index contributed by atoms with van der Waals surface area (Å²) in [5, 5.41) is 18.9. The van der Waals surface area contributed by atoms with E-state index >= 15 is 0 Å². The lowest BCUT2D eigenvalue weighted by Crippen LogP contribution is -2.40. The topological polar surface area (TPSA) is 105 Å². The van der Waals surface area contributed by atoms with Crippen LogP contribution in [0.25, 0.3) is 11.5 Å². The Labute approximate surface area is 121 Å². The Hall–Kier alpha value is -2.70. The molecule has 7 heteroatoms. The van der Waals surface area contributed by atoms with E-state index in [1.807, 2.05) is 6.92 Å². The summed E-state index contributed by atoms with van der Waals surface area (Å²) in [5.74, 6) is -1.10. The number of aliphatic carboxylic acids is 1. The second-order valence-corrected chi connectivity index (χ2v) is 4.47. The molecule has 1 heterocycles. The molecule has 1 aromatic heterocycles. The van der Waals surface area contributed by atoms with E-state index in [1.54, 1.807) is 24.3 Å². The Balaban J connectivity index is 2.07. The largest absolute Gasteiger partial charge is 0.480 e. The quantitative estimate of drug-likeness (QED) is 0.838. The van der Waals surface area contributed by atoms with Crippen LogP contribution in [0.5, 0.6) is 0 Å². The van der Waals surface area contributed by atoms with Gasteiger partial charge in [-0.3, -0.25) is 4.79 Å². The van der Waals surface area contributed by atoms with Crippen molar-refractivity contribution in [2.75, 3.05) is 0 Å². The third-order valence-corrected chi connectivity index (χ3v) is 2.93. The van der Waals surface area contributed by atoms with Gasteiger partial charge in [-0.15, -0.1) is 10.2 Å². The number of carboxylic acid groups (broad SMARTS) is 1. The van der Waals surface area contributed by atoms with Crippen LogP contribution in [0.2, 0.25) is 0 Å². The van der Waals surface area contributed by atoms with Crippen molar-refractivity contribution in [3.8, 4) is 11.5 Å². The number of carboxylic acids is 1. The van der Waals surface area contributed by atoms with Gasteiger partial charge in [0.2, 0.25) is 12.3 Å². The van der Waals surface area contributed by atoms with Crippen LogP contribution in [0.15, 0.2) is 35.1 Å². The lowest BCUT2D eigenvalue weighted by Gasteiger charge is -2.13. The first-order valence-electron chi connectivity index (χ1n) is 6.52. The van der Waals surface area contributed by atoms with Gasteiger partial charge in [-0.25, -0.2) is 4.79 Å². The van der Waals surface area contributed by atoms with Crippen molar-refractivity contribution < 1.29 is 19.1 Å². The van der Waals surface area contributed by atoms with Crippen LogP contribution in [-0.2, 0) is 4.79 Å². The molecule has 1 atom stereocenters. The third kappa shape index (κ3) is 3.65. The monoisotopic (exact) mass is 289 g/mol. The van der Waals surface area contributed by atoms with E-state index in [4.69, 9.17) is 9.52 Å². The van der Waals surface area contributed by atoms with Crippen LogP contribution < -0.4 is 5.32 Å². The Kier molecular flexibility index (Phi) is 4.65. The second-order valence-electron chi connectivity index (χ2n) is 4.47. The first-order chi connectivity index (χ1) is 10.1. The highest BCUT2D eigenvalue weighted by molar-refractivity contribution is 5.96. The summed E-state index contributed by atoms with van der Waals surface area (Å²) >= 11 is 0. The highest BCUT2D eigenvalue weighted by Crippen LogP contribution is 2.16. The molecule has 0 fully saturated rings. The summed E-state index contributed by atoms with van der Waals surface area (Å²) in [6.07, 6.45) is 2.28. The number of rotatable bonds is 6. The van der Waals surface area contributed by atoms with Gasteiger partial charge in [0, 0.05) is 11.1 Å². The molecule has 21 heavy (non-hydrogen) atoms. The minimum atomic E-state index is -1.03. The molecule has 0 aliphatic carbocycles. The molecule has 0 aliphatic rings. The van der Waals surface area contributed by atoms with Crippen molar-refractivity contribution in [3.05, 3.63) is 36.2 Å². The minimum absolute atomic E-state index is 0.358. The Morgan fingerprint density at radius 1 is 1.33 bits per heavy atom. The number of nitrogens with zero attached hydrogens (tertiary/aromatic N) is 2. The number of hydrogen-bond donors (Lipinski definition) is 2. The zero-order chi connectivity index (χ0) is 15.2. The molecule has 0 unspecified atom stereocenters. The molecule has 1 aromatic carbocycles. The number of benzene rings is 1. The molecule has 1 amide bonds. The highest BCUT2D eigenvalue weighted by atomic mass is 16.4. The molecule has 110 valence electrons. The summed E-state index contributed by atoms with van der Waals surface area (Å²) < 4.78 is 5.05. The van der Waals surface area contributed by atoms with Crippen molar-refractivity contribution in [2.45, 2.75) is 25.8 Å². The highest BCUT2D eigenvalue weighted by Gasteiger charge is 2.19. The summed E-state index contributed by atoms with van der Waals surface area (Å²) in [6, 6.07) is 5.62. The fourth-order valence-corrected chi connectivity index (χ4v) is 1.85. The van der Waals surface area contributed by atoms with E-state index in [-0.39, 0.29) is 0 Å². The number of aromatic nitrogens is 2. The van der Waals surface area contributed by atoms with Gasteiger partial charge in [0.15, 0.2) is 0 Å². The van der Waals surface area contributed by atoms with Gasteiger partial charge in [0.05, 0.1) is 0 Å². The smallest absolute Gasteiger partial charge is 0.326 e. The number of hydrogen-bond acceptors (Lipinski definition) is 5. The van der Waals surface area contributed by atoms with E-state index in [1.165, 1.54) is 6.39 Å². The van der Waals surface area contributed by atoms with Gasteiger partial charge in [0.25, 0.3) is 5.91 Å². The Morgan fingerprint density at radius 2 is 2.05 bits per heavy atom. The molecule has 2 N–H and O–H groups in total. The number of nitrogens with one attached hydrogen (secondary N) is 1. The van der Waals surface area contributed by atoms with Gasteiger partial charge in [0.1, 0.15) is 6.04 Å². The summed E-state index contributed by atoms with van der Waals surface area (Å²) in [7, 11) is 0. The van der Waals surface area contributed by atoms with Gasteiger partial charge < -0.3 is 14.8 Å². The lowest BCUT2D eigenvalue weighted by molar-refractivity contribution is -0.139. The van der Waals surface area contributed by atoms with Gasteiger partial charge in [-0.1, -0.05) is 13.3 Å². The first-order valence-corrected chi connectivity index (χ1v) is 6.52. The zero-order valence-electron chi connectivity index (χ0n) is 11.4. The molecule has 0 radical (unpaired) electrons. The molecule has 0 aliphatic heterocycles. The zero-order valence-corrected chi connectivity index (χ0v) is 11.4. The minimum Gasteiger partial charge on any atom is -0.480 e. The first kappa shape index (κ1) is 14.7. The van der Waals surface area contributed by atoms with Crippen LogP contribution in [0, 0.1) is 0 Å². The molecule has 0 bridgehead atoms. The standard InChI is InChI=1S/C14H15N3O4/c1-2-3-11(14(19)20)16-12(18)9-4-6-10(7-5-9)13-17-15-8-21-13/h4-8,11H,2-3H2,1H3,(H,16,18)(H,19,20)/t11-/m1/s1. The maximum absolute atomic E-state index is 12.0. The van der Waals surface area contributed by atoms with Crippen LogP contribution >= 0.6 is 0 Å². The SMILES string of the molecule is CCC[C@@H](NC(=O)c1ccc(-c2nnco2)cc1)C(=O)O. The van der Waals surface area contributed by atoms with Gasteiger partial charge in [-0.2, -0.15) is 0 Å². The summed E-state index contributed by atoms with van der Waals surface area (Å²) in [6.45, 7) is 1.86. The van der Waals surface area contributed by atoms with Gasteiger partial charge in [-0.05, 0) is 30.7 Å². The summed E-state index contributed by atoms with van der Waals surface area (Å²) in [5.41, 5.74) is 1.06. The van der Waals surface area contributed by atoms with E-state index in [2.05, 4.69) is 15.5 Å². The van der Waals surface area contributed by atoms with Gasteiger partial charge >= 0.3 is 5.97 Å². The van der Waals surface area contributed by atoms with Crippen molar-refractivity contribution in [2.24, 2.45) is 0 Å². The van der Waals surface area contributed by atoms with Crippen molar-refractivity contribution >= 4 is 11.9 Å². The fourth-order valence-electron chi connectivity index (χ4n) is 1.85. The van der Waals surface area contributed by atoms with Crippen molar-refractivity contribution in [1.82, 2.24) is 15.5 Å². The molecule has 0 saturated heterocycles. The van der Waals surface area contributed by atoms with Crippen LogP contribution in [0.4, 0.5) is 0 Å². The normalized spacial score (nSPS) is 11.9. The summed E-state index contributed by atoms with van der Waals surface area (Å²) in [4.78, 5) is 23.0. The fraction of sp³-hybridized carbons (Fsp3) is 0.286. The van der Waals surface area contributed by atoms with Crippen molar-refractivity contribution in [1.29, 1.82) is 0 Å². The third-order valence-electron chi connectivity index (χ3n) is 2.93. The molecule has 0 saturated carbocycles. The second kappa shape index (κ2) is 6.65. The van der Waals surface area contributed by atoms with E-state index < -0.39 is 17.9 Å². The Bertz CT molecular complexity index is 608. The maximum atomic E-state index is 12.0. The number of carbonyl (C=O) groups excluding carboxylic acids is 1. The van der Waals surface area contributed by atoms with E-state index in [9.17, 15) is 9.59 Å². The number of carbonyl (C=O) groups is 2. The average molecular weight is 289 g/mol. The van der Waals surface area contributed by atoms with Crippen LogP contribution in [0.3, 0.4) is 0 Å². The molecule has 2 aromatic rings. The predicted molar refractivity (Wildman–Crippen MR) is 73.5 cm³/mol. The average Bonchev–Trinajstić information content (AvgIpc) is 3.01. The molecule has 7 nitrogen and oxygen atoms in total. The molecular formula is C14H15N3O4. The molecule has 2 rings (SSSR count). The van der Waals surface area contributed by atoms with E-state index in [0.29, 0.717) is 29.9 Å². The van der Waals surface area contributed by atoms with Crippen LogP contribution in [-0.4, -0.2) is 33.2 Å². The number of amides is 1. The van der Waals surface area contributed by atoms with Crippen molar-refractivity contribution in [3.63, 3.8) is 0 Å². The molecular weight excluding hydrogens is 274 g/mol. The van der Waals surface area contributed by atoms with Crippen LogP contribution in [0.1, 0.15) is 30.1 Å². The van der Waals surface area contributed by atoms with E-state index in [0.717, 1.165) is 0 Å². The Morgan fingerprint density at radius 3 is 2.57 bits per heavy atom. The lowest BCUT2D eigenvalue weighted by atomic mass is 10.1. The molecule has 0 spiro atoms. The predicted octanol–water partition coefficient (Wildman–Crippen LogP) is 1.72.